The molecule has 1 aromatic rings. The molecule has 0 radical (unpaired) electrons. The van der Waals surface area contributed by atoms with Crippen LogP contribution in [0.25, 0.3) is 0 Å². The lowest BCUT2D eigenvalue weighted by molar-refractivity contribution is 0.0994. The Balaban J connectivity index is 2.38. The molecule has 0 aromatic carbocycles. The Morgan fingerprint density at radius 3 is 2.42 bits per heavy atom. The zero-order chi connectivity index (χ0) is 14.1. The van der Waals surface area contributed by atoms with Gasteiger partial charge >= 0.3 is 0 Å². The predicted octanol–water partition coefficient (Wildman–Crippen LogP) is 3.78. The third-order valence-corrected chi connectivity index (χ3v) is 3.55. The number of hydrogen-bond acceptors (Lipinski definition) is 2. The summed E-state index contributed by atoms with van der Waals surface area (Å²) in [5.41, 5.74) is 7.97. The molecule has 3 nitrogen and oxygen atoms in total. The van der Waals surface area contributed by atoms with Crippen molar-refractivity contribution >= 4 is 5.91 Å². The van der Waals surface area contributed by atoms with Crippen molar-refractivity contribution in [2.45, 2.75) is 65.2 Å². The molecule has 2 N–H and O–H groups in total. The summed E-state index contributed by atoms with van der Waals surface area (Å²) >= 11 is 0. The molecule has 0 saturated heterocycles. The van der Waals surface area contributed by atoms with Gasteiger partial charge in [-0.05, 0) is 37.0 Å². The van der Waals surface area contributed by atoms with Crippen molar-refractivity contribution in [1.82, 2.24) is 4.98 Å². The summed E-state index contributed by atoms with van der Waals surface area (Å²) in [7, 11) is 0. The van der Waals surface area contributed by atoms with Gasteiger partial charge in [0.25, 0.3) is 5.91 Å². The van der Waals surface area contributed by atoms with Gasteiger partial charge in [-0.2, -0.15) is 0 Å². The Morgan fingerprint density at radius 2 is 1.79 bits per heavy atom. The second kappa shape index (κ2) is 8.68. The van der Waals surface area contributed by atoms with E-state index in [9.17, 15) is 4.79 Å². The van der Waals surface area contributed by atoms with Crippen LogP contribution in [0, 0.1) is 6.92 Å². The van der Waals surface area contributed by atoms with Crippen LogP contribution in [0.5, 0.6) is 0 Å². The first kappa shape index (κ1) is 15.7. The van der Waals surface area contributed by atoms with E-state index in [0.717, 1.165) is 24.0 Å². The molecule has 0 aliphatic rings. The summed E-state index contributed by atoms with van der Waals surface area (Å²) in [6, 6.07) is 1.95. The number of rotatable bonds is 9. The quantitative estimate of drug-likeness (QED) is 0.688. The first-order chi connectivity index (χ1) is 9.16. The minimum Gasteiger partial charge on any atom is -0.364 e. The van der Waals surface area contributed by atoms with Gasteiger partial charge in [-0.15, -0.1) is 0 Å². The summed E-state index contributed by atoms with van der Waals surface area (Å²) in [6.07, 6.45) is 11.5. The molecular weight excluding hydrogens is 236 g/mol. The molecule has 1 rings (SSSR count). The number of amides is 1. The number of carbonyl (C=O) groups is 1. The van der Waals surface area contributed by atoms with Gasteiger partial charge in [0.15, 0.2) is 0 Å². The Labute approximate surface area is 116 Å². The van der Waals surface area contributed by atoms with Gasteiger partial charge in [0, 0.05) is 6.20 Å². The van der Waals surface area contributed by atoms with E-state index in [-0.39, 0.29) is 0 Å². The van der Waals surface area contributed by atoms with Crippen LogP contribution in [0.1, 0.15) is 73.5 Å². The van der Waals surface area contributed by atoms with Crippen molar-refractivity contribution in [3.05, 3.63) is 29.1 Å². The average Bonchev–Trinajstić information content (AvgIpc) is 2.39. The number of aromatic nitrogens is 1. The van der Waals surface area contributed by atoms with Crippen LogP contribution in [0.4, 0.5) is 0 Å². The van der Waals surface area contributed by atoms with Crippen LogP contribution in [0.15, 0.2) is 12.3 Å². The van der Waals surface area contributed by atoms with Gasteiger partial charge in [0.2, 0.25) is 0 Å². The molecular formula is C16H26N2O. The molecule has 1 amide bonds. The van der Waals surface area contributed by atoms with Gasteiger partial charge in [0.05, 0.1) is 0 Å². The Bertz CT molecular complexity index is 402. The van der Waals surface area contributed by atoms with Gasteiger partial charge in [-0.25, -0.2) is 0 Å². The molecule has 0 aliphatic carbocycles. The number of nitrogens with two attached hydrogens (primary N) is 1. The van der Waals surface area contributed by atoms with E-state index < -0.39 is 5.91 Å². The average molecular weight is 262 g/mol. The van der Waals surface area contributed by atoms with E-state index in [1.54, 1.807) is 6.20 Å². The van der Waals surface area contributed by atoms with E-state index in [1.807, 2.05) is 13.0 Å². The number of aryl methyl sites for hydroxylation is 1. The van der Waals surface area contributed by atoms with Crippen molar-refractivity contribution in [2.24, 2.45) is 5.73 Å². The molecule has 0 fully saturated rings. The van der Waals surface area contributed by atoms with E-state index in [2.05, 4.69) is 11.9 Å². The Hall–Kier alpha value is -1.38. The number of primary amides is 1. The minimum absolute atomic E-state index is 0.415. The van der Waals surface area contributed by atoms with Crippen LogP contribution >= 0.6 is 0 Å². The van der Waals surface area contributed by atoms with Crippen molar-refractivity contribution in [2.75, 3.05) is 0 Å². The summed E-state index contributed by atoms with van der Waals surface area (Å²) in [6.45, 7) is 4.25. The van der Waals surface area contributed by atoms with Crippen molar-refractivity contribution in [1.29, 1.82) is 0 Å². The number of nitrogens with zero attached hydrogens (tertiary/aromatic N) is 1. The molecule has 0 aliphatic heterocycles. The molecule has 0 unspecified atom stereocenters. The number of unbranched alkanes of at least 4 members (excludes halogenated alkanes) is 6. The fourth-order valence-electron chi connectivity index (χ4n) is 2.38. The molecule has 106 valence electrons. The smallest absolute Gasteiger partial charge is 0.267 e. The summed E-state index contributed by atoms with van der Waals surface area (Å²) in [5.74, 6) is -0.415. The van der Waals surface area contributed by atoms with E-state index in [1.165, 1.54) is 38.5 Å². The molecule has 1 aromatic heterocycles. The maximum Gasteiger partial charge on any atom is 0.267 e. The summed E-state index contributed by atoms with van der Waals surface area (Å²) < 4.78 is 0. The summed E-state index contributed by atoms with van der Waals surface area (Å²) in [5, 5.41) is 0. The SMILES string of the molecule is CCCCCCCCCc1c(C)ccnc1C(N)=O. The normalized spacial score (nSPS) is 10.6. The number of hydrogen-bond donors (Lipinski definition) is 1. The van der Waals surface area contributed by atoms with Gasteiger partial charge in [-0.1, -0.05) is 45.4 Å². The first-order valence-corrected chi connectivity index (χ1v) is 7.41. The molecule has 0 saturated carbocycles. The Morgan fingerprint density at radius 1 is 1.16 bits per heavy atom. The lowest BCUT2D eigenvalue weighted by Crippen LogP contribution is -2.16. The maximum atomic E-state index is 11.3. The van der Waals surface area contributed by atoms with Crippen LogP contribution in [-0.4, -0.2) is 10.9 Å². The molecule has 0 spiro atoms. The largest absolute Gasteiger partial charge is 0.364 e. The molecule has 3 heteroatoms. The number of pyridine rings is 1. The zero-order valence-corrected chi connectivity index (χ0v) is 12.2. The van der Waals surface area contributed by atoms with Crippen LogP contribution < -0.4 is 5.73 Å². The Kier molecular flexibility index (Phi) is 7.16. The third-order valence-electron chi connectivity index (χ3n) is 3.55. The zero-order valence-electron chi connectivity index (χ0n) is 12.2. The van der Waals surface area contributed by atoms with Gasteiger partial charge < -0.3 is 5.73 Å². The summed E-state index contributed by atoms with van der Waals surface area (Å²) in [4.78, 5) is 15.4. The topological polar surface area (TPSA) is 56.0 Å². The second-order valence-electron chi connectivity index (χ2n) is 5.19. The van der Waals surface area contributed by atoms with Crippen molar-refractivity contribution in [3.63, 3.8) is 0 Å². The lowest BCUT2D eigenvalue weighted by atomic mass is 9.99. The standard InChI is InChI=1S/C16H26N2O/c1-3-4-5-6-7-8-9-10-14-13(2)11-12-18-15(14)16(17)19/h11-12H,3-10H2,1-2H3,(H2,17,19). The molecule has 19 heavy (non-hydrogen) atoms. The van der Waals surface area contributed by atoms with Gasteiger partial charge in [0.1, 0.15) is 5.69 Å². The fourth-order valence-corrected chi connectivity index (χ4v) is 2.38. The lowest BCUT2D eigenvalue weighted by Gasteiger charge is -2.09. The van der Waals surface area contributed by atoms with E-state index in [0.29, 0.717) is 5.69 Å². The molecule has 0 bridgehead atoms. The van der Waals surface area contributed by atoms with Crippen molar-refractivity contribution in [3.8, 4) is 0 Å². The fraction of sp³-hybridized carbons (Fsp3) is 0.625. The van der Waals surface area contributed by atoms with E-state index >= 15 is 0 Å². The number of carbonyl (C=O) groups excluding carboxylic acids is 1. The van der Waals surface area contributed by atoms with Crippen LogP contribution in [0.3, 0.4) is 0 Å². The van der Waals surface area contributed by atoms with Crippen LogP contribution in [0.2, 0.25) is 0 Å². The second-order valence-corrected chi connectivity index (χ2v) is 5.19. The molecule has 0 atom stereocenters. The maximum absolute atomic E-state index is 11.3. The predicted molar refractivity (Wildman–Crippen MR) is 79.2 cm³/mol. The highest BCUT2D eigenvalue weighted by Crippen LogP contribution is 2.16. The minimum atomic E-state index is -0.415. The highest BCUT2D eigenvalue weighted by atomic mass is 16.1. The van der Waals surface area contributed by atoms with Crippen molar-refractivity contribution < 1.29 is 4.79 Å². The van der Waals surface area contributed by atoms with Crippen LogP contribution in [-0.2, 0) is 6.42 Å². The first-order valence-electron chi connectivity index (χ1n) is 7.41. The highest BCUT2D eigenvalue weighted by molar-refractivity contribution is 5.92. The monoisotopic (exact) mass is 262 g/mol. The van der Waals surface area contributed by atoms with E-state index in [4.69, 9.17) is 5.73 Å². The highest BCUT2D eigenvalue weighted by Gasteiger charge is 2.11. The van der Waals surface area contributed by atoms with Gasteiger partial charge in [-0.3, -0.25) is 9.78 Å². The third kappa shape index (κ3) is 5.41. The molecule has 1 heterocycles.